The molecule has 5 heteroatoms. The number of aromatic nitrogens is 3. The zero-order valence-electron chi connectivity index (χ0n) is 8.31. The zero-order chi connectivity index (χ0) is 10.8. The zero-order valence-corrected chi connectivity index (χ0v) is 9.07. The number of nitrogens with two attached hydrogens (primary N) is 1. The van der Waals surface area contributed by atoms with Gasteiger partial charge in [0.05, 0.1) is 11.4 Å². The Morgan fingerprint density at radius 3 is 2.60 bits per heavy atom. The lowest BCUT2D eigenvalue weighted by molar-refractivity contribution is 0.767. The topological polar surface area (TPSA) is 56.7 Å². The van der Waals surface area contributed by atoms with Crippen LogP contribution in [0.15, 0.2) is 24.3 Å². The predicted octanol–water partition coefficient (Wildman–Crippen LogP) is 2.07. The van der Waals surface area contributed by atoms with Crippen LogP contribution in [-0.4, -0.2) is 15.0 Å². The maximum absolute atomic E-state index is 5.81. The number of nitrogens with zero attached hydrogens (tertiary/aromatic N) is 3. The monoisotopic (exact) mass is 222 g/mol. The largest absolute Gasteiger partial charge is 0.381 e. The highest BCUT2D eigenvalue weighted by Gasteiger charge is 2.09. The van der Waals surface area contributed by atoms with Gasteiger partial charge in [-0.3, -0.25) is 0 Å². The van der Waals surface area contributed by atoms with E-state index in [-0.39, 0.29) is 0 Å². The van der Waals surface area contributed by atoms with Crippen LogP contribution in [0.3, 0.4) is 0 Å². The van der Waals surface area contributed by atoms with Crippen LogP contribution in [0.5, 0.6) is 0 Å². The fraction of sp³-hybridized carbons (Fsp3) is 0.200. The van der Waals surface area contributed by atoms with Crippen molar-refractivity contribution in [3.63, 3.8) is 0 Å². The van der Waals surface area contributed by atoms with Gasteiger partial charge in [-0.15, -0.1) is 5.10 Å². The molecule has 2 rings (SSSR count). The number of rotatable bonds is 2. The van der Waals surface area contributed by atoms with Gasteiger partial charge in [0.2, 0.25) is 0 Å². The smallest absolute Gasteiger partial charge is 0.169 e. The number of halogens is 1. The maximum Gasteiger partial charge on any atom is 0.169 e. The Hall–Kier alpha value is -1.55. The maximum atomic E-state index is 5.81. The Morgan fingerprint density at radius 1 is 1.33 bits per heavy atom. The van der Waals surface area contributed by atoms with Gasteiger partial charge < -0.3 is 5.73 Å². The van der Waals surface area contributed by atoms with Crippen molar-refractivity contribution in [2.45, 2.75) is 13.3 Å². The second-order valence-electron chi connectivity index (χ2n) is 3.16. The number of anilines is 1. The Labute approximate surface area is 92.7 Å². The molecule has 1 heterocycles. The highest BCUT2D eigenvalue weighted by molar-refractivity contribution is 6.30. The van der Waals surface area contributed by atoms with Gasteiger partial charge in [0.25, 0.3) is 0 Å². The van der Waals surface area contributed by atoms with Crippen molar-refractivity contribution in [3.05, 3.63) is 35.0 Å². The van der Waals surface area contributed by atoms with Crippen molar-refractivity contribution >= 4 is 17.4 Å². The third kappa shape index (κ3) is 1.80. The second-order valence-corrected chi connectivity index (χ2v) is 3.60. The fourth-order valence-electron chi connectivity index (χ4n) is 1.43. The molecule has 0 radical (unpaired) electrons. The SMILES string of the molecule is CCc1c(N)nnn1-c1ccc(Cl)cc1. The molecule has 4 nitrogen and oxygen atoms in total. The normalized spacial score (nSPS) is 10.5. The molecule has 0 aliphatic heterocycles. The average molecular weight is 223 g/mol. The molecule has 0 aliphatic rings. The fourth-order valence-corrected chi connectivity index (χ4v) is 1.56. The molecular weight excluding hydrogens is 212 g/mol. The van der Waals surface area contributed by atoms with Crippen LogP contribution in [0.25, 0.3) is 5.69 Å². The molecular formula is C10H11ClN4. The van der Waals surface area contributed by atoms with Gasteiger partial charge in [0, 0.05) is 5.02 Å². The van der Waals surface area contributed by atoms with Crippen LogP contribution in [0.2, 0.25) is 5.02 Å². The summed E-state index contributed by atoms with van der Waals surface area (Å²) in [6, 6.07) is 7.40. The summed E-state index contributed by atoms with van der Waals surface area (Å²) in [7, 11) is 0. The van der Waals surface area contributed by atoms with E-state index in [4.69, 9.17) is 17.3 Å². The van der Waals surface area contributed by atoms with Crippen molar-refractivity contribution in [1.82, 2.24) is 15.0 Å². The molecule has 78 valence electrons. The summed E-state index contributed by atoms with van der Waals surface area (Å²) < 4.78 is 1.73. The van der Waals surface area contributed by atoms with Crippen molar-refractivity contribution in [2.24, 2.45) is 0 Å². The highest BCUT2D eigenvalue weighted by Crippen LogP contribution is 2.17. The third-order valence-corrected chi connectivity index (χ3v) is 2.45. The van der Waals surface area contributed by atoms with Crippen LogP contribution < -0.4 is 5.73 Å². The Bertz CT molecular complexity index is 461. The minimum atomic E-state index is 0.479. The quantitative estimate of drug-likeness (QED) is 0.846. The Kier molecular flexibility index (Phi) is 2.60. The minimum Gasteiger partial charge on any atom is -0.381 e. The van der Waals surface area contributed by atoms with Crippen LogP contribution in [0, 0.1) is 0 Å². The lowest BCUT2D eigenvalue weighted by Crippen LogP contribution is -2.02. The highest BCUT2D eigenvalue weighted by atomic mass is 35.5. The van der Waals surface area contributed by atoms with Gasteiger partial charge in [-0.25, -0.2) is 4.68 Å². The molecule has 0 spiro atoms. The van der Waals surface area contributed by atoms with E-state index in [2.05, 4.69) is 10.3 Å². The first-order chi connectivity index (χ1) is 7.22. The predicted molar refractivity (Wildman–Crippen MR) is 60.2 cm³/mol. The lowest BCUT2D eigenvalue weighted by Gasteiger charge is -2.04. The number of nitrogen functional groups attached to an aromatic ring is 1. The van der Waals surface area contributed by atoms with E-state index in [0.717, 1.165) is 17.8 Å². The number of hydrogen-bond donors (Lipinski definition) is 1. The van der Waals surface area contributed by atoms with Crippen LogP contribution in [-0.2, 0) is 6.42 Å². The molecule has 1 aromatic heterocycles. The summed E-state index contributed by atoms with van der Waals surface area (Å²) in [4.78, 5) is 0. The molecule has 2 aromatic rings. The molecule has 0 bridgehead atoms. The molecule has 0 fully saturated rings. The van der Waals surface area contributed by atoms with Crippen LogP contribution >= 0.6 is 11.6 Å². The molecule has 0 aliphatic carbocycles. The van der Waals surface area contributed by atoms with E-state index in [0.29, 0.717) is 10.8 Å². The third-order valence-electron chi connectivity index (χ3n) is 2.20. The van der Waals surface area contributed by atoms with E-state index in [9.17, 15) is 0 Å². The second kappa shape index (κ2) is 3.90. The summed E-state index contributed by atoms with van der Waals surface area (Å²) in [5.74, 6) is 0.479. The summed E-state index contributed by atoms with van der Waals surface area (Å²) in [5.41, 5.74) is 7.53. The van der Waals surface area contributed by atoms with E-state index in [1.54, 1.807) is 4.68 Å². The molecule has 0 amide bonds. The van der Waals surface area contributed by atoms with Gasteiger partial charge in [0.15, 0.2) is 5.82 Å². The molecule has 15 heavy (non-hydrogen) atoms. The van der Waals surface area contributed by atoms with Crippen molar-refractivity contribution in [3.8, 4) is 5.69 Å². The standard InChI is InChI=1S/C10H11ClN4/c1-2-9-10(12)13-14-15(9)8-5-3-7(11)4-6-8/h3-6H,2,12H2,1H3. The van der Waals surface area contributed by atoms with Crippen LogP contribution in [0.1, 0.15) is 12.6 Å². The molecule has 0 saturated carbocycles. The molecule has 0 unspecified atom stereocenters. The van der Waals surface area contributed by atoms with Gasteiger partial charge in [-0.1, -0.05) is 23.7 Å². The summed E-state index contributed by atoms with van der Waals surface area (Å²) in [6.45, 7) is 2.02. The first-order valence-electron chi connectivity index (χ1n) is 4.68. The van der Waals surface area contributed by atoms with E-state index < -0.39 is 0 Å². The van der Waals surface area contributed by atoms with E-state index >= 15 is 0 Å². The van der Waals surface area contributed by atoms with Crippen molar-refractivity contribution in [2.75, 3.05) is 5.73 Å². The average Bonchev–Trinajstić information content (AvgIpc) is 2.61. The number of hydrogen-bond acceptors (Lipinski definition) is 3. The Morgan fingerprint density at radius 2 is 2.00 bits per heavy atom. The van der Waals surface area contributed by atoms with Gasteiger partial charge in [-0.2, -0.15) is 0 Å². The molecule has 0 atom stereocenters. The molecule has 0 saturated heterocycles. The van der Waals surface area contributed by atoms with Crippen molar-refractivity contribution < 1.29 is 0 Å². The van der Waals surface area contributed by atoms with Crippen molar-refractivity contribution in [1.29, 1.82) is 0 Å². The van der Waals surface area contributed by atoms with E-state index in [1.807, 2.05) is 31.2 Å². The van der Waals surface area contributed by atoms with Crippen LogP contribution in [0.4, 0.5) is 5.82 Å². The van der Waals surface area contributed by atoms with Gasteiger partial charge >= 0.3 is 0 Å². The molecule has 1 aromatic carbocycles. The van der Waals surface area contributed by atoms with Gasteiger partial charge in [-0.05, 0) is 30.7 Å². The first kappa shape index (κ1) is 9.98. The first-order valence-corrected chi connectivity index (χ1v) is 5.06. The minimum absolute atomic E-state index is 0.479. The van der Waals surface area contributed by atoms with Gasteiger partial charge in [0.1, 0.15) is 0 Å². The molecule has 2 N–H and O–H groups in total. The summed E-state index contributed by atoms with van der Waals surface area (Å²) >= 11 is 5.81. The van der Waals surface area contributed by atoms with E-state index in [1.165, 1.54) is 0 Å². The lowest BCUT2D eigenvalue weighted by atomic mass is 10.3. The number of benzene rings is 1. The Balaban J connectivity index is 2.49. The summed E-state index contributed by atoms with van der Waals surface area (Å²) in [5, 5.41) is 8.53. The summed E-state index contributed by atoms with van der Waals surface area (Å²) in [6.07, 6.45) is 0.793.